The van der Waals surface area contributed by atoms with Crippen LogP contribution in [0.15, 0.2) is 12.1 Å². The van der Waals surface area contributed by atoms with Crippen LogP contribution in [0.3, 0.4) is 0 Å². The summed E-state index contributed by atoms with van der Waals surface area (Å²) < 4.78 is 0. The highest BCUT2D eigenvalue weighted by molar-refractivity contribution is 7.15. The molecule has 1 heterocycles. The number of carbonyl (C=O) groups is 2. The molecule has 4 nitrogen and oxygen atoms in total. The summed E-state index contributed by atoms with van der Waals surface area (Å²) in [5.74, 6) is -1.17. The van der Waals surface area contributed by atoms with E-state index in [9.17, 15) is 9.59 Å². The van der Waals surface area contributed by atoms with E-state index in [1.165, 1.54) is 12.5 Å². The van der Waals surface area contributed by atoms with Crippen LogP contribution in [0, 0.1) is 0 Å². The number of amides is 1. The molecule has 0 saturated carbocycles. The number of carbonyl (C=O) groups excluding carboxylic acids is 1. The van der Waals surface area contributed by atoms with E-state index < -0.39 is 5.97 Å². The minimum Gasteiger partial charge on any atom is -0.477 e. The molecular weight excluding hydrogens is 250 g/mol. The summed E-state index contributed by atoms with van der Waals surface area (Å²) in [6.07, 6.45) is 4.38. The van der Waals surface area contributed by atoms with Crippen molar-refractivity contribution in [3.63, 3.8) is 0 Å². The molecule has 1 aromatic heterocycles. The average Bonchev–Trinajstić information content (AvgIpc) is 2.78. The SMILES string of the molecule is CCCCCC(C)NC(=O)c1ccc(C(=O)O)s1. The molecule has 1 amide bonds. The average molecular weight is 269 g/mol. The summed E-state index contributed by atoms with van der Waals surface area (Å²) in [4.78, 5) is 23.2. The molecule has 1 unspecified atom stereocenters. The van der Waals surface area contributed by atoms with Crippen LogP contribution in [-0.2, 0) is 0 Å². The van der Waals surface area contributed by atoms with E-state index in [1.54, 1.807) is 6.07 Å². The lowest BCUT2D eigenvalue weighted by Crippen LogP contribution is -2.31. The van der Waals surface area contributed by atoms with Gasteiger partial charge in [0.25, 0.3) is 5.91 Å². The van der Waals surface area contributed by atoms with Crippen LogP contribution in [0.4, 0.5) is 0 Å². The number of hydrogen-bond acceptors (Lipinski definition) is 3. The zero-order valence-corrected chi connectivity index (χ0v) is 11.5. The monoisotopic (exact) mass is 269 g/mol. The van der Waals surface area contributed by atoms with Gasteiger partial charge < -0.3 is 10.4 Å². The van der Waals surface area contributed by atoms with Crippen LogP contribution < -0.4 is 5.32 Å². The summed E-state index contributed by atoms with van der Waals surface area (Å²) in [5, 5.41) is 11.7. The van der Waals surface area contributed by atoms with Gasteiger partial charge in [-0.25, -0.2) is 4.79 Å². The summed E-state index contributed by atoms with van der Waals surface area (Å²) in [5.41, 5.74) is 0. The van der Waals surface area contributed by atoms with Crippen molar-refractivity contribution in [3.05, 3.63) is 21.9 Å². The number of carboxylic acid groups (broad SMARTS) is 1. The Labute approximate surface area is 111 Å². The molecule has 0 bridgehead atoms. The fraction of sp³-hybridized carbons (Fsp3) is 0.538. The van der Waals surface area contributed by atoms with Gasteiger partial charge >= 0.3 is 5.97 Å². The highest BCUT2D eigenvalue weighted by Crippen LogP contribution is 2.16. The summed E-state index contributed by atoms with van der Waals surface area (Å²) in [7, 11) is 0. The Hall–Kier alpha value is -1.36. The molecule has 1 aromatic rings. The lowest BCUT2D eigenvalue weighted by molar-refractivity contribution is 0.0702. The third kappa shape index (κ3) is 4.49. The maximum absolute atomic E-state index is 11.8. The van der Waals surface area contributed by atoms with Crippen molar-refractivity contribution in [2.75, 3.05) is 0 Å². The highest BCUT2D eigenvalue weighted by Gasteiger charge is 2.14. The van der Waals surface area contributed by atoms with Crippen LogP contribution in [-0.4, -0.2) is 23.0 Å². The van der Waals surface area contributed by atoms with Crippen molar-refractivity contribution < 1.29 is 14.7 Å². The quantitative estimate of drug-likeness (QED) is 0.747. The number of rotatable bonds is 7. The second-order valence-corrected chi connectivity index (χ2v) is 5.42. The van der Waals surface area contributed by atoms with Gasteiger partial charge in [0.2, 0.25) is 0 Å². The van der Waals surface area contributed by atoms with E-state index in [-0.39, 0.29) is 16.8 Å². The largest absolute Gasteiger partial charge is 0.477 e. The van der Waals surface area contributed by atoms with Gasteiger partial charge in [-0.1, -0.05) is 26.2 Å². The first-order valence-corrected chi connectivity index (χ1v) is 7.00. The molecule has 0 saturated heterocycles. The Morgan fingerprint density at radius 3 is 2.56 bits per heavy atom. The number of hydrogen-bond donors (Lipinski definition) is 2. The van der Waals surface area contributed by atoms with Crippen molar-refractivity contribution in [1.29, 1.82) is 0 Å². The Morgan fingerprint density at radius 1 is 1.33 bits per heavy atom. The number of unbranched alkanes of at least 4 members (excludes halogenated alkanes) is 2. The van der Waals surface area contributed by atoms with Gasteiger partial charge in [-0.05, 0) is 25.5 Å². The molecule has 0 fully saturated rings. The minimum atomic E-state index is -0.991. The Kier molecular flexibility index (Phi) is 5.85. The van der Waals surface area contributed by atoms with Gasteiger partial charge in [0.1, 0.15) is 4.88 Å². The van der Waals surface area contributed by atoms with Gasteiger partial charge in [-0.3, -0.25) is 4.79 Å². The molecule has 0 aromatic carbocycles. The molecule has 0 spiro atoms. The molecule has 2 N–H and O–H groups in total. The summed E-state index contributed by atoms with van der Waals surface area (Å²) >= 11 is 1.01. The Balaban J connectivity index is 2.46. The van der Waals surface area contributed by atoms with Crippen molar-refractivity contribution in [2.45, 2.75) is 45.6 Å². The summed E-state index contributed by atoms with van der Waals surface area (Å²) in [6, 6.07) is 3.14. The fourth-order valence-electron chi connectivity index (χ4n) is 1.64. The zero-order chi connectivity index (χ0) is 13.5. The second kappa shape index (κ2) is 7.16. The number of aromatic carboxylic acids is 1. The third-order valence-electron chi connectivity index (χ3n) is 2.66. The van der Waals surface area contributed by atoms with Crippen LogP contribution in [0.2, 0.25) is 0 Å². The number of carboxylic acids is 1. The van der Waals surface area contributed by atoms with Crippen LogP contribution >= 0.6 is 11.3 Å². The highest BCUT2D eigenvalue weighted by atomic mass is 32.1. The Morgan fingerprint density at radius 2 is 2.00 bits per heavy atom. The summed E-state index contributed by atoms with van der Waals surface area (Å²) in [6.45, 7) is 4.11. The molecule has 0 aliphatic rings. The number of thiophene rings is 1. The van der Waals surface area contributed by atoms with E-state index in [2.05, 4.69) is 12.2 Å². The van der Waals surface area contributed by atoms with Crippen LogP contribution in [0.25, 0.3) is 0 Å². The third-order valence-corrected chi connectivity index (χ3v) is 3.73. The predicted octanol–water partition coefficient (Wildman–Crippen LogP) is 3.14. The predicted molar refractivity (Wildman–Crippen MR) is 72.3 cm³/mol. The maximum atomic E-state index is 11.8. The second-order valence-electron chi connectivity index (χ2n) is 4.34. The maximum Gasteiger partial charge on any atom is 0.345 e. The van der Waals surface area contributed by atoms with Crippen molar-refractivity contribution >= 4 is 23.2 Å². The first-order valence-electron chi connectivity index (χ1n) is 6.18. The van der Waals surface area contributed by atoms with E-state index in [1.807, 2.05) is 6.92 Å². The van der Waals surface area contributed by atoms with E-state index in [0.717, 1.165) is 30.6 Å². The minimum absolute atomic E-state index is 0.124. The van der Waals surface area contributed by atoms with E-state index >= 15 is 0 Å². The molecule has 1 atom stereocenters. The molecule has 0 aliphatic carbocycles. The van der Waals surface area contributed by atoms with Gasteiger partial charge in [0.05, 0.1) is 4.88 Å². The van der Waals surface area contributed by atoms with Crippen molar-refractivity contribution in [2.24, 2.45) is 0 Å². The lowest BCUT2D eigenvalue weighted by atomic mass is 10.1. The Bertz CT molecular complexity index is 414. The molecule has 18 heavy (non-hydrogen) atoms. The van der Waals surface area contributed by atoms with Gasteiger partial charge in [0.15, 0.2) is 0 Å². The van der Waals surface area contributed by atoms with Gasteiger partial charge in [-0.15, -0.1) is 11.3 Å². The molecule has 5 heteroatoms. The fourth-order valence-corrected chi connectivity index (χ4v) is 2.39. The standard InChI is InChI=1S/C13H19NO3S/c1-3-4-5-6-9(2)14-12(15)10-7-8-11(18-10)13(16)17/h7-9H,3-6H2,1-2H3,(H,14,15)(H,16,17). The smallest absolute Gasteiger partial charge is 0.345 e. The van der Waals surface area contributed by atoms with Gasteiger partial charge in [-0.2, -0.15) is 0 Å². The molecular formula is C13H19NO3S. The zero-order valence-electron chi connectivity index (χ0n) is 10.7. The van der Waals surface area contributed by atoms with E-state index in [4.69, 9.17) is 5.11 Å². The molecule has 0 radical (unpaired) electrons. The lowest BCUT2D eigenvalue weighted by Gasteiger charge is -2.12. The normalized spacial score (nSPS) is 12.1. The van der Waals surface area contributed by atoms with E-state index in [0.29, 0.717) is 4.88 Å². The first-order chi connectivity index (χ1) is 8.54. The molecule has 100 valence electrons. The van der Waals surface area contributed by atoms with Crippen molar-refractivity contribution in [3.8, 4) is 0 Å². The van der Waals surface area contributed by atoms with Crippen molar-refractivity contribution in [1.82, 2.24) is 5.32 Å². The first kappa shape index (κ1) is 14.7. The molecule has 1 rings (SSSR count). The number of nitrogens with one attached hydrogen (secondary N) is 1. The van der Waals surface area contributed by atoms with Crippen LogP contribution in [0.1, 0.15) is 58.9 Å². The van der Waals surface area contributed by atoms with Gasteiger partial charge in [0, 0.05) is 6.04 Å². The van der Waals surface area contributed by atoms with Crippen LogP contribution in [0.5, 0.6) is 0 Å². The molecule has 0 aliphatic heterocycles. The topological polar surface area (TPSA) is 66.4 Å².